The molecule has 2 N–H and O–H groups in total. The van der Waals surface area contributed by atoms with Gasteiger partial charge in [0.15, 0.2) is 0 Å². The first kappa shape index (κ1) is 14.9. The molecule has 0 aromatic rings. The normalized spacial score (nSPS) is 25.1. The Morgan fingerprint density at radius 3 is 2.76 bits per heavy atom. The van der Waals surface area contributed by atoms with Crippen LogP contribution in [0.4, 0.5) is 0 Å². The summed E-state index contributed by atoms with van der Waals surface area (Å²) in [5.74, 6) is 0. The van der Waals surface area contributed by atoms with Gasteiger partial charge in [0.1, 0.15) is 0 Å². The summed E-state index contributed by atoms with van der Waals surface area (Å²) in [6, 6.07) is 0.652. The molecule has 0 spiro atoms. The van der Waals surface area contributed by atoms with Crippen LogP contribution in [-0.4, -0.2) is 73.4 Å². The molecule has 102 valence electrons. The summed E-state index contributed by atoms with van der Waals surface area (Å²) in [6.45, 7) is 10.2. The molecule has 2 atom stereocenters. The summed E-state index contributed by atoms with van der Waals surface area (Å²) in [5.41, 5.74) is 0. The van der Waals surface area contributed by atoms with Crippen molar-refractivity contribution in [3.05, 3.63) is 0 Å². The molecule has 1 fully saturated rings. The second-order valence-corrected chi connectivity index (χ2v) is 5.16. The Morgan fingerprint density at radius 2 is 2.12 bits per heavy atom. The van der Waals surface area contributed by atoms with Crippen LogP contribution in [-0.2, 0) is 0 Å². The molecule has 0 saturated carbocycles. The Labute approximate surface area is 106 Å². The first-order chi connectivity index (χ1) is 8.17. The average Bonchev–Trinajstić information content (AvgIpc) is 2.32. The Balaban J connectivity index is 2.22. The first-order valence-corrected chi connectivity index (χ1v) is 6.98. The van der Waals surface area contributed by atoms with Crippen LogP contribution in [0, 0.1) is 0 Å². The highest BCUT2D eigenvalue weighted by atomic mass is 16.3. The van der Waals surface area contributed by atoms with Crippen LogP contribution in [0.15, 0.2) is 0 Å². The fraction of sp³-hybridized carbons (Fsp3) is 1.00. The van der Waals surface area contributed by atoms with Gasteiger partial charge in [0.05, 0.1) is 6.10 Å². The highest BCUT2D eigenvalue weighted by Gasteiger charge is 2.23. The van der Waals surface area contributed by atoms with E-state index in [1.54, 1.807) is 0 Å². The highest BCUT2D eigenvalue weighted by Crippen LogP contribution is 2.10. The summed E-state index contributed by atoms with van der Waals surface area (Å²) in [5, 5.41) is 13.2. The molecule has 1 aliphatic heterocycles. The minimum absolute atomic E-state index is 0.234. The van der Waals surface area contributed by atoms with Gasteiger partial charge in [-0.3, -0.25) is 4.90 Å². The number of aliphatic hydroxyl groups excluding tert-OH is 1. The Morgan fingerprint density at radius 1 is 1.35 bits per heavy atom. The maximum Gasteiger partial charge on any atom is 0.0791 e. The van der Waals surface area contributed by atoms with Gasteiger partial charge in [-0.2, -0.15) is 0 Å². The van der Waals surface area contributed by atoms with Crippen molar-refractivity contribution in [2.24, 2.45) is 0 Å². The lowest BCUT2D eigenvalue weighted by atomic mass is 10.1. The SMILES string of the molecule is CCCNCC(O)CN1CCN(C)C(CC)C1. The van der Waals surface area contributed by atoms with Crippen LogP contribution in [0.5, 0.6) is 0 Å². The lowest BCUT2D eigenvalue weighted by Gasteiger charge is -2.39. The predicted octanol–water partition coefficient (Wildman–Crippen LogP) is 0.373. The van der Waals surface area contributed by atoms with Crippen molar-refractivity contribution in [1.29, 1.82) is 0 Å². The fourth-order valence-electron chi connectivity index (χ4n) is 2.43. The van der Waals surface area contributed by atoms with Crippen molar-refractivity contribution in [2.75, 3.05) is 46.3 Å². The van der Waals surface area contributed by atoms with Gasteiger partial charge in [0, 0.05) is 38.8 Å². The van der Waals surface area contributed by atoms with Crippen molar-refractivity contribution in [1.82, 2.24) is 15.1 Å². The Kier molecular flexibility index (Phi) is 7.04. The van der Waals surface area contributed by atoms with E-state index in [0.29, 0.717) is 6.04 Å². The standard InChI is InChI=1S/C13H29N3O/c1-4-6-14-9-13(17)11-16-8-7-15(3)12(5-2)10-16/h12-14,17H,4-11H2,1-3H3. The number of aliphatic hydroxyl groups is 1. The van der Waals surface area contributed by atoms with E-state index < -0.39 is 0 Å². The van der Waals surface area contributed by atoms with E-state index in [1.807, 2.05) is 0 Å². The van der Waals surface area contributed by atoms with Crippen LogP contribution >= 0.6 is 0 Å². The van der Waals surface area contributed by atoms with E-state index in [4.69, 9.17) is 0 Å². The van der Waals surface area contributed by atoms with E-state index in [0.717, 1.165) is 45.7 Å². The molecule has 0 aromatic carbocycles. The smallest absolute Gasteiger partial charge is 0.0791 e. The predicted molar refractivity (Wildman–Crippen MR) is 72.3 cm³/mol. The second-order valence-electron chi connectivity index (χ2n) is 5.16. The number of piperazine rings is 1. The number of nitrogens with zero attached hydrogens (tertiary/aromatic N) is 2. The Hall–Kier alpha value is -0.160. The molecule has 0 aromatic heterocycles. The number of likely N-dealkylation sites (N-methyl/N-ethyl adjacent to an activating group) is 1. The fourth-order valence-corrected chi connectivity index (χ4v) is 2.43. The van der Waals surface area contributed by atoms with Gasteiger partial charge < -0.3 is 15.3 Å². The number of hydrogen-bond acceptors (Lipinski definition) is 4. The van der Waals surface area contributed by atoms with E-state index in [1.165, 1.54) is 6.42 Å². The average molecular weight is 243 g/mol. The molecular formula is C13H29N3O. The maximum absolute atomic E-state index is 9.94. The van der Waals surface area contributed by atoms with Gasteiger partial charge in [-0.05, 0) is 26.4 Å². The number of nitrogens with one attached hydrogen (secondary N) is 1. The van der Waals surface area contributed by atoms with Crippen molar-refractivity contribution in [2.45, 2.75) is 38.8 Å². The molecule has 4 nitrogen and oxygen atoms in total. The Bertz CT molecular complexity index is 201. The third kappa shape index (κ3) is 5.34. The summed E-state index contributed by atoms with van der Waals surface area (Å²) in [7, 11) is 2.20. The molecule has 0 bridgehead atoms. The van der Waals surface area contributed by atoms with Gasteiger partial charge in [0.25, 0.3) is 0 Å². The lowest BCUT2D eigenvalue weighted by molar-refractivity contribution is 0.0507. The first-order valence-electron chi connectivity index (χ1n) is 6.98. The van der Waals surface area contributed by atoms with Crippen molar-refractivity contribution in [3.8, 4) is 0 Å². The minimum atomic E-state index is -0.234. The monoisotopic (exact) mass is 243 g/mol. The van der Waals surface area contributed by atoms with E-state index >= 15 is 0 Å². The largest absolute Gasteiger partial charge is 0.390 e. The zero-order valence-corrected chi connectivity index (χ0v) is 11.7. The molecule has 1 aliphatic rings. The summed E-state index contributed by atoms with van der Waals surface area (Å²) < 4.78 is 0. The zero-order valence-electron chi connectivity index (χ0n) is 11.7. The number of β-amino-alcohol motifs (C(OH)–C–C–N with tert-alkyl or cyclic N) is 1. The van der Waals surface area contributed by atoms with Crippen molar-refractivity contribution < 1.29 is 5.11 Å². The molecule has 1 rings (SSSR count). The van der Waals surface area contributed by atoms with Gasteiger partial charge in [-0.25, -0.2) is 0 Å². The molecule has 0 aliphatic carbocycles. The van der Waals surface area contributed by atoms with Gasteiger partial charge >= 0.3 is 0 Å². The van der Waals surface area contributed by atoms with Gasteiger partial charge in [-0.1, -0.05) is 13.8 Å². The van der Waals surface area contributed by atoms with Crippen LogP contribution in [0.1, 0.15) is 26.7 Å². The van der Waals surface area contributed by atoms with Gasteiger partial charge in [0.2, 0.25) is 0 Å². The maximum atomic E-state index is 9.94. The van der Waals surface area contributed by atoms with Crippen LogP contribution in [0.2, 0.25) is 0 Å². The summed E-state index contributed by atoms with van der Waals surface area (Å²) >= 11 is 0. The molecular weight excluding hydrogens is 214 g/mol. The third-order valence-corrected chi connectivity index (χ3v) is 3.61. The van der Waals surface area contributed by atoms with E-state index in [2.05, 4.69) is 36.0 Å². The molecule has 1 saturated heterocycles. The lowest BCUT2D eigenvalue weighted by Crippen LogP contribution is -2.53. The zero-order chi connectivity index (χ0) is 12.7. The molecule has 4 heteroatoms. The molecule has 2 unspecified atom stereocenters. The molecule has 0 radical (unpaired) electrons. The number of rotatable bonds is 7. The highest BCUT2D eigenvalue weighted by molar-refractivity contribution is 4.80. The van der Waals surface area contributed by atoms with Crippen LogP contribution in [0.3, 0.4) is 0 Å². The van der Waals surface area contributed by atoms with Crippen LogP contribution < -0.4 is 5.32 Å². The van der Waals surface area contributed by atoms with E-state index in [-0.39, 0.29) is 6.10 Å². The molecule has 17 heavy (non-hydrogen) atoms. The second kappa shape index (κ2) is 8.03. The topological polar surface area (TPSA) is 38.7 Å². The minimum Gasteiger partial charge on any atom is -0.390 e. The van der Waals surface area contributed by atoms with Crippen molar-refractivity contribution >= 4 is 0 Å². The molecule has 0 amide bonds. The number of hydrogen-bond donors (Lipinski definition) is 2. The van der Waals surface area contributed by atoms with E-state index in [9.17, 15) is 5.11 Å². The van der Waals surface area contributed by atoms with Crippen molar-refractivity contribution in [3.63, 3.8) is 0 Å². The quantitative estimate of drug-likeness (QED) is 0.634. The van der Waals surface area contributed by atoms with Crippen LogP contribution in [0.25, 0.3) is 0 Å². The molecule has 1 heterocycles. The summed E-state index contributed by atoms with van der Waals surface area (Å²) in [6.07, 6.45) is 2.08. The third-order valence-electron chi connectivity index (χ3n) is 3.61. The van der Waals surface area contributed by atoms with Gasteiger partial charge in [-0.15, -0.1) is 0 Å². The summed E-state index contributed by atoms with van der Waals surface area (Å²) in [4.78, 5) is 4.82.